The van der Waals surface area contributed by atoms with Crippen molar-refractivity contribution in [1.29, 1.82) is 0 Å². The van der Waals surface area contributed by atoms with Crippen LogP contribution in [0.1, 0.15) is 43.4 Å². The molecule has 1 atom stereocenters. The average Bonchev–Trinajstić information content (AvgIpc) is 3.03. The maximum Gasteiger partial charge on any atom is 0.230 e. The number of para-hydroxylation sites is 1. The third kappa shape index (κ3) is 3.77. The normalized spacial score (nSPS) is 20.4. The molecule has 0 amide bonds. The Kier molecular flexibility index (Phi) is 5.48. The molecule has 1 N–H and O–H groups in total. The largest absolute Gasteiger partial charge is 0.381 e. The van der Waals surface area contributed by atoms with Gasteiger partial charge < -0.3 is 15.1 Å². The van der Waals surface area contributed by atoms with Crippen LogP contribution < -0.4 is 10.2 Å². The van der Waals surface area contributed by atoms with E-state index in [0.717, 1.165) is 42.8 Å². The van der Waals surface area contributed by atoms with Crippen molar-refractivity contribution in [1.82, 2.24) is 5.32 Å². The first-order chi connectivity index (χ1) is 14.4. The summed E-state index contributed by atoms with van der Waals surface area (Å²) in [5, 5.41) is 7.53. The van der Waals surface area contributed by atoms with Crippen LogP contribution in [0.2, 0.25) is 0 Å². The van der Waals surface area contributed by atoms with E-state index in [0.29, 0.717) is 11.8 Å². The van der Waals surface area contributed by atoms with E-state index in [9.17, 15) is 4.79 Å². The van der Waals surface area contributed by atoms with Gasteiger partial charge in [0.25, 0.3) is 0 Å². The highest BCUT2D eigenvalue weighted by atomic mass is 16.7. The molecule has 4 rings (SSSR count). The Morgan fingerprint density at radius 1 is 1.20 bits per heavy atom. The van der Waals surface area contributed by atoms with E-state index in [1.165, 1.54) is 11.3 Å². The Hall–Kier alpha value is -2.92. The number of carbonyl (C=O) groups is 1. The first-order valence-corrected chi connectivity index (χ1v) is 10.5. The van der Waals surface area contributed by atoms with Crippen molar-refractivity contribution in [3.8, 4) is 0 Å². The van der Waals surface area contributed by atoms with Gasteiger partial charge in [-0.15, -0.1) is 0 Å². The first-order valence-electron chi connectivity index (χ1n) is 10.5. The molecule has 2 aromatic rings. The maximum atomic E-state index is 12.5. The number of ketones is 1. The lowest BCUT2D eigenvalue weighted by Gasteiger charge is -2.38. The number of oxime groups is 1. The summed E-state index contributed by atoms with van der Waals surface area (Å²) < 4.78 is 0. The number of hydrogen-bond donors (Lipinski definition) is 1. The number of rotatable bonds is 5. The number of benzene rings is 2. The molecule has 2 aromatic carbocycles. The Morgan fingerprint density at radius 2 is 1.93 bits per heavy atom. The Labute approximate surface area is 178 Å². The minimum absolute atomic E-state index is 0.0936. The monoisotopic (exact) mass is 403 g/mol. The lowest BCUT2D eigenvalue weighted by Crippen LogP contribution is -2.45. The zero-order chi connectivity index (χ0) is 21.3. The van der Waals surface area contributed by atoms with E-state index in [-0.39, 0.29) is 5.78 Å². The number of piperidine rings is 1. The van der Waals surface area contributed by atoms with Crippen molar-refractivity contribution >= 4 is 22.9 Å². The number of aryl methyl sites for hydroxylation is 1. The molecule has 1 unspecified atom stereocenters. The van der Waals surface area contributed by atoms with Gasteiger partial charge >= 0.3 is 0 Å². The fourth-order valence-electron chi connectivity index (χ4n) is 4.12. The molecule has 30 heavy (non-hydrogen) atoms. The number of Topliss-reactive ketones (excluding diaryl/α,β-unsaturated/α-hetero) is 1. The third-order valence-corrected chi connectivity index (χ3v) is 5.92. The SMILES string of the molecule is C=C(c1ccc(C2=NOC(C)(C)C2=O)cc1)N(c1ccccc1C)C1CCCNC1. The number of carbonyl (C=O) groups excluding carboxylic acids is 1. The van der Waals surface area contributed by atoms with Crippen LogP contribution in [0.5, 0.6) is 0 Å². The zero-order valence-corrected chi connectivity index (χ0v) is 17.9. The summed E-state index contributed by atoms with van der Waals surface area (Å²) in [4.78, 5) is 20.1. The minimum atomic E-state index is -0.896. The fourth-order valence-corrected chi connectivity index (χ4v) is 4.12. The van der Waals surface area contributed by atoms with Crippen LogP contribution in [-0.2, 0) is 9.63 Å². The van der Waals surface area contributed by atoms with Gasteiger partial charge in [-0.2, -0.15) is 0 Å². The number of hydrogen-bond acceptors (Lipinski definition) is 5. The number of nitrogens with one attached hydrogen (secondary N) is 1. The standard InChI is InChI=1S/C25H29N3O2/c1-17-8-5-6-10-22(17)28(21-9-7-15-26-16-21)18(2)19-11-13-20(14-12-19)23-24(29)25(3,4)30-27-23/h5-6,8,10-14,21,26H,2,7,9,15-16H2,1,3-4H3. The highest BCUT2D eigenvalue weighted by Crippen LogP contribution is 2.32. The molecule has 5 heteroatoms. The topological polar surface area (TPSA) is 53.9 Å². The molecular weight excluding hydrogens is 374 g/mol. The summed E-state index contributed by atoms with van der Waals surface area (Å²) >= 11 is 0. The molecule has 0 aromatic heterocycles. The van der Waals surface area contributed by atoms with Crippen molar-refractivity contribution < 1.29 is 9.63 Å². The second kappa shape index (κ2) is 8.07. The van der Waals surface area contributed by atoms with Gasteiger partial charge in [0.15, 0.2) is 11.3 Å². The van der Waals surface area contributed by atoms with E-state index in [1.807, 2.05) is 24.3 Å². The molecule has 2 aliphatic heterocycles. The molecule has 156 valence electrons. The van der Waals surface area contributed by atoms with Crippen molar-refractivity contribution in [3.63, 3.8) is 0 Å². The van der Waals surface area contributed by atoms with Crippen molar-refractivity contribution in [2.45, 2.75) is 45.3 Å². The van der Waals surface area contributed by atoms with E-state index in [4.69, 9.17) is 4.84 Å². The van der Waals surface area contributed by atoms with E-state index in [1.54, 1.807) is 13.8 Å². The number of nitrogens with zero attached hydrogens (tertiary/aromatic N) is 2. The van der Waals surface area contributed by atoms with Gasteiger partial charge in [0.2, 0.25) is 5.78 Å². The van der Waals surface area contributed by atoms with Crippen molar-refractivity contribution in [2.24, 2.45) is 5.16 Å². The Balaban J connectivity index is 1.63. The molecule has 0 spiro atoms. The molecule has 0 radical (unpaired) electrons. The van der Waals surface area contributed by atoms with Crippen LogP contribution in [0, 0.1) is 6.92 Å². The van der Waals surface area contributed by atoms with Crippen LogP contribution in [0.4, 0.5) is 5.69 Å². The minimum Gasteiger partial charge on any atom is -0.381 e. The van der Waals surface area contributed by atoms with Gasteiger partial charge in [-0.25, -0.2) is 0 Å². The van der Waals surface area contributed by atoms with Gasteiger partial charge in [0.05, 0.1) is 0 Å². The molecule has 2 heterocycles. The van der Waals surface area contributed by atoms with Crippen LogP contribution in [0.15, 0.2) is 60.3 Å². The summed E-state index contributed by atoms with van der Waals surface area (Å²) in [6.07, 6.45) is 2.27. The molecule has 1 saturated heterocycles. The van der Waals surface area contributed by atoms with E-state index in [2.05, 4.69) is 53.1 Å². The summed E-state index contributed by atoms with van der Waals surface area (Å²) in [5.74, 6) is -0.0936. The second-order valence-corrected chi connectivity index (χ2v) is 8.55. The summed E-state index contributed by atoms with van der Waals surface area (Å²) in [7, 11) is 0. The Bertz CT molecular complexity index is 986. The van der Waals surface area contributed by atoms with Crippen LogP contribution in [0.3, 0.4) is 0 Å². The summed E-state index contributed by atoms with van der Waals surface area (Å²) in [6.45, 7) is 12.1. The van der Waals surface area contributed by atoms with Crippen molar-refractivity contribution in [3.05, 3.63) is 71.8 Å². The van der Waals surface area contributed by atoms with Gasteiger partial charge in [0.1, 0.15) is 0 Å². The highest BCUT2D eigenvalue weighted by Gasteiger charge is 2.40. The Morgan fingerprint density at radius 3 is 2.53 bits per heavy atom. The first kappa shape index (κ1) is 20.4. The van der Waals surface area contributed by atoms with Gasteiger partial charge in [-0.3, -0.25) is 4.79 Å². The van der Waals surface area contributed by atoms with Crippen LogP contribution in [-0.4, -0.2) is 36.2 Å². The van der Waals surface area contributed by atoms with Gasteiger partial charge in [0, 0.05) is 29.5 Å². The quantitative estimate of drug-likeness (QED) is 0.808. The number of anilines is 1. The average molecular weight is 404 g/mol. The molecular formula is C25H29N3O2. The lowest BCUT2D eigenvalue weighted by atomic mass is 9.95. The molecule has 2 aliphatic rings. The highest BCUT2D eigenvalue weighted by molar-refractivity contribution is 6.49. The molecule has 0 aliphatic carbocycles. The second-order valence-electron chi connectivity index (χ2n) is 8.55. The van der Waals surface area contributed by atoms with E-state index >= 15 is 0 Å². The van der Waals surface area contributed by atoms with Gasteiger partial charge in [-0.05, 0) is 57.4 Å². The molecule has 0 bridgehead atoms. The molecule has 0 saturated carbocycles. The predicted molar refractivity (Wildman–Crippen MR) is 122 cm³/mol. The summed E-state index contributed by atoms with van der Waals surface area (Å²) in [6, 6.07) is 16.7. The summed E-state index contributed by atoms with van der Waals surface area (Å²) in [5.41, 5.74) is 4.65. The fraction of sp³-hybridized carbons (Fsp3) is 0.360. The zero-order valence-electron chi connectivity index (χ0n) is 17.9. The van der Waals surface area contributed by atoms with E-state index < -0.39 is 5.60 Å². The van der Waals surface area contributed by atoms with Gasteiger partial charge in [-0.1, -0.05) is 54.2 Å². The molecule has 1 fully saturated rings. The third-order valence-electron chi connectivity index (χ3n) is 5.92. The van der Waals surface area contributed by atoms with Crippen molar-refractivity contribution in [2.75, 3.05) is 18.0 Å². The predicted octanol–water partition coefficient (Wildman–Crippen LogP) is 4.31. The maximum absolute atomic E-state index is 12.5. The smallest absolute Gasteiger partial charge is 0.230 e. The molecule has 5 nitrogen and oxygen atoms in total. The van der Waals surface area contributed by atoms with Crippen LogP contribution in [0.25, 0.3) is 5.70 Å². The van der Waals surface area contributed by atoms with Crippen LogP contribution >= 0.6 is 0 Å². The lowest BCUT2D eigenvalue weighted by molar-refractivity contribution is -0.128.